The number of ether oxygens (including phenoxy) is 1. The summed E-state index contributed by atoms with van der Waals surface area (Å²) in [7, 11) is 0. The molecule has 2 rings (SSSR count). The van der Waals surface area contributed by atoms with Crippen molar-refractivity contribution in [1.29, 1.82) is 0 Å². The van der Waals surface area contributed by atoms with E-state index in [4.69, 9.17) is 4.74 Å². The van der Waals surface area contributed by atoms with Crippen LogP contribution in [-0.2, 0) is 11.3 Å². The highest BCUT2D eigenvalue weighted by Gasteiger charge is 2.20. The van der Waals surface area contributed by atoms with Crippen molar-refractivity contribution in [3.05, 3.63) is 34.3 Å². The molecule has 1 aromatic carbocycles. The van der Waals surface area contributed by atoms with E-state index < -0.39 is 0 Å². The third-order valence-electron chi connectivity index (χ3n) is 3.48. The summed E-state index contributed by atoms with van der Waals surface area (Å²) >= 11 is 6.08. The topological polar surface area (TPSA) is 9.23 Å². The van der Waals surface area contributed by atoms with Crippen LogP contribution in [0, 0.1) is 0 Å². The van der Waals surface area contributed by atoms with Crippen molar-refractivity contribution in [2.45, 2.75) is 55.2 Å². The van der Waals surface area contributed by atoms with Crippen LogP contribution in [0.1, 0.15) is 44.1 Å². The Bertz CT molecular complexity index is 369. The molecule has 0 spiro atoms. The highest BCUT2D eigenvalue weighted by Crippen LogP contribution is 2.26. The van der Waals surface area contributed by atoms with E-state index in [0.29, 0.717) is 10.0 Å². The van der Waals surface area contributed by atoms with Gasteiger partial charge in [0.15, 0.2) is 0 Å². The predicted octanol–water partition coefficient (Wildman–Crippen LogP) is 5.49. The van der Waals surface area contributed by atoms with Gasteiger partial charge in [0.2, 0.25) is 0 Å². The van der Waals surface area contributed by atoms with Gasteiger partial charge in [-0.05, 0) is 30.5 Å². The number of alkyl halides is 1. The number of hydrogen-bond donors (Lipinski definition) is 0. The first-order chi connectivity index (χ1) is 8.75. The molecule has 0 bridgehead atoms. The highest BCUT2D eigenvalue weighted by atomic mass is 127. The van der Waals surface area contributed by atoms with E-state index in [1.807, 2.05) is 0 Å². The lowest BCUT2D eigenvalue weighted by molar-refractivity contribution is 0.0308. The van der Waals surface area contributed by atoms with Crippen molar-refractivity contribution < 1.29 is 4.74 Å². The zero-order chi connectivity index (χ0) is 12.8. The standard InChI is InChI=1S/C15H20BrIO/c16-13-7-5-6-12(10-13)11-18-15-9-4-2-1-3-8-14(15)17/h5-7,10,14-15H,1-4,8-9,11H2. The highest BCUT2D eigenvalue weighted by molar-refractivity contribution is 14.1. The van der Waals surface area contributed by atoms with Crippen molar-refractivity contribution in [2.24, 2.45) is 0 Å². The zero-order valence-corrected chi connectivity index (χ0v) is 14.3. The lowest BCUT2D eigenvalue weighted by atomic mass is 9.98. The van der Waals surface area contributed by atoms with Crippen molar-refractivity contribution in [2.75, 3.05) is 0 Å². The summed E-state index contributed by atoms with van der Waals surface area (Å²) in [5.41, 5.74) is 1.26. The minimum Gasteiger partial charge on any atom is -0.372 e. The lowest BCUT2D eigenvalue weighted by Gasteiger charge is -2.25. The fourth-order valence-corrected chi connectivity index (χ4v) is 3.88. The van der Waals surface area contributed by atoms with E-state index in [9.17, 15) is 0 Å². The maximum atomic E-state index is 6.14. The second-order valence-electron chi connectivity index (χ2n) is 4.99. The molecule has 0 saturated heterocycles. The van der Waals surface area contributed by atoms with Crippen molar-refractivity contribution in [3.8, 4) is 0 Å². The predicted molar refractivity (Wildman–Crippen MR) is 88.2 cm³/mol. The molecule has 18 heavy (non-hydrogen) atoms. The molecule has 0 N–H and O–H groups in total. The van der Waals surface area contributed by atoms with Gasteiger partial charge in [-0.15, -0.1) is 0 Å². The molecule has 1 aliphatic rings. The van der Waals surface area contributed by atoms with Crippen molar-refractivity contribution in [3.63, 3.8) is 0 Å². The maximum Gasteiger partial charge on any atom is 0.0721 e. The fourth-order valence-electron chi connectivity index (χ4n) is 2.42. The molecule has 0 heterocycles. The van der Waals surface area contributed by atoms with Crippen LogP contribution in [-0.4, -0.2) is 10.0 Å². The summed E-state index contributed by atoms with van der Waals surface area (Å²) in [6, 6.07) is 8.41. The molecule has 1 aliphatic carbocycles. The molecule has 3 heteroatoms. The van der Waals surface area contributed by atoms with Gasteiger partial charge in [-0.25, -0.2) is 0 Å². The first-order valence-electron chi connectivity index (χ1n) is 6.76. The van der Waals surface area contributed by atoms with Gasteiger partial charge in [0, 0.05) is 8.40 Å². The molecule has 1 aromatic rings. The average molecular weight is 423 g/mol. The van der Waals surface area contributed by atoms with Gasteiger partial charge in [0.05, 0.1) is 12.7 Å². The summed E-state index contributed by atoms with van der Waals surface area (Å²) in [4.78, 5) is 0. The van der Waals surface area contributed by atoms with E-state index in [0.717, 1.165) is 11.1 Å². The molecule has 0 radical (unpaired) electrons. The molecule has 1 saturated carbocycles. The molecule has 2 atom stereocenters. The summed E-state index contributed by atoms with van der Waals surface area (Å²) in [5, 5.41) is 0. The van der Waals surface area contributed by atoms with Crippen LogP contribution in [0.2, 0.25) is 0 Å². The van der Waals surface area contributed by atoms with Crippen LogP contribution in [0.5, 0.6) is 0 Å². The minimum atomic E-state index is 0.435. The first kappa shape index (κ1) is 14.8. The second kappa shape index (κ2) is 7.85. The number of hydrogen-bond acceptors (Lipinski definition) is 1. The summed E-state index contributed by atoms with van der Waals surface area (Å²) in [6.45, 7) is 0.740. The van der Waals surface area contributed by atoms with Crippen LogP contribution < -0.4 is 0 Å². The summed E-state index contributed by atoms with van der Waals surface area (Å²) < 4.78 is 7.95. The van der Waals surface area contributed by atoms with Gasteiger partial charge in [0.25, 0.3) is 0 Å². The molecule has 100 valence electrons. The van der Waals surface area contributed by atoms with Crippen molar-refractivity contribution >= 4 is 38.5 Å². The Morgan fingerprint density at radius 3 is 2.72 bits per heavy atom. The molecule has 0 amide bonds. The Morgan fingerprint density at radius 1 is 1.17 bits per heavy atom. The van der Waals surface area contributed by atoms with Gasteiger partial charge in [-0.1, -0.05) is 76.3 Å². The largest absolute Gasteiger partial charge is 0.372 e. The molecular formula is C15H20BrIO. The zero-order valence-electron chi connectivity index (χ0n) is 10.6. The van der Waals surface area contributed by atoms with E-state index in [-0.39, 0.29) is 0 Å². The van der Waals surface area contributed by atoms with E-state index in [2.05, 4.69) is 62.8 Å². The van der Waals surface area contributed by atoms with E-state index in [1.165, 1.54) is 44.1 Å². The minimum absolute atomic E-state index is 0.435. The Hall–Kier alpha value is 0.390. The molecule has 1 nitrogen and oxygen atoms in total. The number of halogens is 2. The van der Waals surface area contributed by atoms with Crippen LogP contribution in [0.25, 0.3) is 0 Å². The summed E-state index contributed by atoms with van der Waals surface area (Å²) in [5.74, 6) is 0. The molecule has 0 aliphatic heterocycles. The second-order valence-corrected chi connectivity index (χ2v) is 7.50. The Morgan fingerprint density at radius 2 is 1.94 bits per heavy atom. The quantitative estimate of drug-likeness (QED) is 0.462. The van der Waals surface area contributed by atoms with Gasteiger partial charge in [-0.2, -0.15) is 0 Å². The normalized spacial score (nSPS) is 25.4. The average Bonchev–Trinajstić information content (AvgIpc) is 2.34. The van der Waals surface area contributed by atoms with Gasteiger partial charge >= 0.3 is 0 Å². The Balaban J connectivity index is 1.87. The Kier molecular flexibility index (Phi) is 6.45. The summed E-state index contributed by atoms with van der Waals surface area (Å²) in [6.07, 6.45) is 8.43. The van der Waals surface area contributed by atoms with Crippen molar-refractivity contribution in [1.82, 2.24) is 0 Å². The van der Waals surface area contributed by atoms with Gasteiger partial charge in [-0.3, -0.25) is 0 Å². The smallest absolute Gasteiger partial charge is 0.0721 e. The van der Waals surface area contributed by atoms with Crippen LogP contribution in [0.15, 0.2) is 28.7 Å². The number of rotatable bonds is 3. The van der Waals surface area contributed by atoms with Gasteiger partial charge in [0.1, 0.15) is 0 Å². The maximum absolute atomic E-state index is 6.14. The van der Waals surface area contributed by atoms with E-state index >= 15 is 0 Å². The molecular weight excluding hydrogens is 403 g/mol. The first-order valence-corrected chi connectivity index (χ1v) is 8.79. The van der Waals surface area contributed by atoms with Crippen LogP contribution >= 0.6 is 38.5 Å². The third kappa shape index (κ3) is 4.82. The molecule has 0 aromatic heterocycles. The Labute approximate surface area is 132 Å². The third-order valence-corrected chi connectivity index (χ3v) is 5.39. The SMILES string of the molecule is Brc1cccc(COC2CCCCCCC2I)c1. The fraction of sp³-hybridized carbons (Fsp3) is 0.600. The lowest BCUT2D eigenvalue weighted by Crippen LogP contribution is -2.25. The monoisotopic (exact) mass is 422 g/mol. The molecule has 1 fully saturated rings. The van der Waals surface area contributed by atoms with Crippen LogP contribution in [0.3, 0.4) is 0 Å². The number of benzene rings is 1. The van der Waals surface area contributed by atoms with E-state index in [1.54, 1.807) is 0 Å². The van der Waals surface area contributed by atoms with Crippen LogP contribution in [0.4, 0.5) is 0 Å². The van der Waals surface area contributed by atoms with Gasteiger partial charge < -0.3 is 4.74 Å². The molecule has 2 unspecified atom stereocenters.